The average molecular weight is 321 g/mol. The molecule has 0 saturated heterocycles. The molecule has 24 heavy (non-hydrogen) atoms. The fourth-order valence-corrected chi connectivity index (χ4v) is 3.09. The average Bonchev–Trinajstić information content (AvgIpc) is 2.98. The summed E-state index contributed by atoms with van der Waals surface area (Å²) in [7, 11) is 0. The second-order valence-corrected chi connectivity index (χ2v) is 6.24. The van der Waals surface area contributed by atoms with E-state index < -0.39 is 0 Å². The molecule has 0 spiro atoms. The fraction of sp³-hybridized carbons (Fsp3) is 0.286. The molecule has 0 radical (unpaired) electrons. The van der Waals surface area contributed by atoms with E-state index >= 15 is 0 Å². The largest absolute Gasteiger partial charge is 0.461 e. The van der Waals surface area contributed by atoms with Crippen molar-refractivity contribution in [1.29, 1.82) is 0 Å². The maximum Gasteiger partial charge on any atom is 0.227 e. The molecule has 2 atom stereocenters. The number of fused-ring (bicyclic) bond motifs is 1. The Morgan fingerprint density at radius 1 is 1.08 bits per heavy atom. The first kappa shape index (κ1) is 16.3. The molecule has 1 aromatic heterocycles. The van der Waals surface area contributed by atoms with E-state index in [0.29, 0.717) is 6.42 Å². The quantitative estimate of drug-likeness (QED) is 0.716. The van der Waals surface area contributed by atoms with E-state index in [1.54, 1.807) is 0 Å². The standard InChI is InChI=1S/C21H23NO2/c1-3-19(16-9-5-4-6-10-16)21(23)22-15(2)13-18-14-17-11-7-8-12-20(17)24-18/h4-12,14-15,19H,3,13H2,1-2H3,(H,22,23)/t15-,19+/m1/s1. The predicted molar refractivity (Wildman–Crippen MR) is 97.0 cm³/mol. The molecule has 0 unspecified atom stereocenters. The Morgan fingerprint density at radius 2 is 1.79 bits per heavy atom. The first-order valence-electron chi connectivity index (χ1n) is 8.50. The van der Waals surface area contributed by atoms with Crippen molar-refractivity contribution >= 4 is 16.9 Å². The van der Waals surface area contributed by atoms with Gasteiger partial charge < -0.3 is 9.73 Å². The number of para-hydroxylation sites is 1. The van der Waals surface area contributed by atoms with Crippen LogP contribution in [-0.2, 0) is 11.2 Å². The van der Waals surface area contributed by atoms with Gasteiger partial charge in [0.25, 0.3) is 0 Å². The maximum absolute atomic E-state index is 12.6. The van der Waals surface area contributed by atoms with Crippen molar-refractivity contribution in [1.82, 2.24) is 5.32 Å². The summed E-state index contributed by atoms with van der Waals surface area (Å²) in [6.07, 6.45) is 1.47. The monoisotopic (exact) mass is 321 g/mol. The van der Waals surface area contributed by atoms with Gasteiger partial charge in [-0.05, 0) is 31.0 Å². The van der Waals surface area contributed by atoms with Crippen LogP contribution in [-0.4, -0.2) is 11.9 Å². The number of carbonyl (C=O) groups is 1. The number of furan rings is 1. The number of hydrogen-bond acceptors (Lipinski definition) is 2. The first-order chi connectivity index (χ1) is 11.7. The molecule has 0 saturated carbocycles. The molecule has 1 amide bonds. The van der Waals surface area contributed by atoms with Gasteiger partial charge in [0, 0.05) is 17.8 Å². The van der Waals surface area contributed by atoms with Crippen LogP contribution in [0.15, 0.2) is 65.1 Å². The van der Waals surface area contributed by atoms with Crippen LogP contribution < -0.4 is 5.32 Å². The molecule has 3 aromatic rings. The minimum absolute atomic E-state index is 0.0239. The Labute approximate surface area is 142 Å². The SMILES string of the molecule is CC[C@H](C(=O)N[C@H](C)Cc1cc2ccccc2o1)c1ccccc1. The molecule has 1 heterocycles. The van der Waals surface area contributed by atoms with E-state index in [2.05, 4.69) is 5.32 Å². The van der Waals surface area contributed by atoms with Crippen LogP contribution in [0.1, 0.15) is 37.5 Å². The number of rotatable bonds is 6. The lowest BCUT2D eigenvalue weighted by atomic mass is 9.95. The zero-order valence-corrected chi connectivity index (χ0v) is 14.2. The van der Waals surface area contributed by atoms with Gasteiger partial charge in [-0.1, -0.05) is 55.5 Å². The smallest absolute Gasteiger partial charge is 0.227 e. The van der Waals surface area contributed by atoms with Crippen molar-refractivity contribution < 1.29 is 9.21 Å². The highest BCUT2D eigenvalue weighted by Gasteiger charge is 2.20. The second kappa shape index (κ2) is 7.35. The summed E-state index contributed by atoms with van der Waals surface area (Å²) in [4.78, 5) is 12.6. The van der Waals surface area contributed by atoms with Crippen molar-refractivity contribution in [3.8, 4) is 0 Å². The zero-order chi connectivity index (χ0) is 16.9. The van der Waals surface area contributed by atoms with Crippen LogP contribution in [0.5, 0.6) is 0 Å². The van der Waals surface area contributed by atoms with E-state index in [1.807, 2.05) is 74.5 Å². The Hall–Kier alpha value is -2.55. The van der Waals surface area contributed by atoms with Crippen molar-refractivity contribution in [3.63, 3.8) is 0 Å². The summed E-state index contributed by atoms with van der Waals surface area (Å²) >= 11 is 0. The summed E-state index contributed by atoms with van der Waals surface area (Å²) in [6.45, 7) is 4.06. The number of hydrogen-bond donors (Lipinski definition) is 1. The highest BCUT2D eigenvalue weighted by molar-refractivity contribution is 5.84. The Morgan fingerprint density at radius 3 is 2.50 bits per heavy atom. The number of nitrogens with one attached hydrogen (secondary N) is 1. The van der Waals surface area contributed by atoms with Gasteiger partial charge in [0.1, 0.15) is 11.3 Å². The van der Waals surface area contributed by atoms with Crippen LogP contribution in [0.3, 0.4) is 0 Å². The molecule has 2 aromatic carbocycles. The minimum atomic E-state index is -0.107. The second-order valence-electron chi connectivity index (χ2n) is 6.24. The summed E-state index contributed by atoms with van der Waals surface area (Å²) in [5, 5.41) is 4.22. The van der Waals surface area contributed by atoms with E-state index in [9.17, 15) is 4.79 Å². The fourth-order valence-electron chi connectivity index (χ4n) is 3.09. The predicted octanol–water partition coefficient (Wildman–Crippen LogP) is 4.67. The van der Waals surface area contributed by atoms with Gasteiger partial charge in [-0.2, -0.15) is 0 Å². The van der Waals surface area contributed by atoms with E-state index in [4.69, 9.17) is 4.42 Å². The molecule has 3 rings (SSSR count). The van der Waals surface area contributed by atoms with Crippen molar-refractivity contribution in [3.05, 3.63) is 72.0 Å². The van der Waals surface area contributed by atoms with Gasteiger partial charge in [0.2, 0.25) is 5.91 Å². The molecular formula is C21H23NO2. The summed E-state index contributed by atoms with van der Waals surface area (Å²) < 4.78 is 5.84. The molecule has 0 aliphatic rings. The van der Waals surface area contributed by atoms with Crippen molar-refractivity contribution in [2.45, 2.75) is 38.6 Å². The molecule has 3 heteroatoms. The minimum Gasteiger partial charge on any atom is -0.461 e. The molecule has 3 nitrogen and oxygen atoms in total. The van der Waals surface area contributed by atoms with E-state index in [-0.39, 0.29) is 17.9 Å². The third-order valence-corrected chi connectivity index (χ3v) is 4.30. The third kappa shape index (κ3) is 3.67. The normalized spacial score (nSPS) is 13.6. The molecule has 0 aliphatic carbocycles. The molecule has 0 fully saturated rings. The molecule has 1 N–H and O–H groups in total. The molecular weight excluding hydrogens is 298 g/mol. The lowest BCUT2D eigenvalue weighted by Gasteiger charge is -2.19. The first-order valence-corrected chi connectivity index (χ1v) is 8.50. The van der Waals surface area contributed by atoms with Crippen LogP contribution in [0.25, 0.3) is 11.0 Å². The topological polar surface area (TPSA) is 42.2 Å². The number of carbonyl (C=O) groups excluding carboxylic acids is 1. The summed E-state index contributed by atoms with van der Waals surface area (Å²) in [6, 6.07) is 20.0. The van der Waals surface area contributed by atoms with Gasteiger partial charge in [0.05, 0.1) is 5.92 Å². The third-order valence-electron chi connectivity index (χ3n) is 4.30. The van der Waals surface area contributed by atoms with Gasteiger partial charge in [-0.25, -0.2) is 0 Å². The van der Waals surface area contributed by atoms with Crippen LogP contribution >= 0.6 is 0 Å². The zero-order valence-electron chi connectivity index (χ0n) is 14.2. The number of amides is 1. The molecule has 0 bridgehead atoms. The summed E-state index contributed by atoms with van der Waals surface area (Å²) in [5.74, 6) is 0.869. The van der Waals surface area contributed by atoms with Gasteiger partial charge in [-0.3, -0.25) is 4.79 Å². The van der Waals surface area contributed by atoms with Gasteiger partial charge >= 0.3 is 0 Å². The van der Waals surface area contributed by atoms with Crippen LogP contribution in [0, 0.1) is 0 Å². The molecule has 124 valence electrons. The lowest BCUT2D eigenvalue weighted by molar-refractivity contribution is -0.123. The Balaban J connectivity index is 1.65. The molecule has 0 aliphatic heterocycles. The van der Waals surface area contributed by atoms with Gasteiger partial charge in [0.15, 0.2) is 0 Å². The summed E-state index contributed by atoms with van der Waals surface area (Å²) in [5.41, 5.74) is 1.95. The highest BCUT2D eigenvalue weighted by atomic mass is 16.3. The maximum atomic E-state index is 12.6. The van der Waals surface area contributed by atoms with E-state index in [0.717, 1.165) is 28.7 Å². The van der Waals surface area contributed by atoms with Gasteiger partial charge in [-0.15, -0.1) is 0 Å². The van der Waals surface area contributed by atoms with Crippen LogP contribution in [0.2, 0.25) is 0 Å². The van der Waals surface area contributed by atoms with E-state index in [1.165, 1.54) is 0 Å². The number of benzene rings is 2. The Bertz CT molecular complexity index is 774. The van der Waals surface area contributed by atoms with Crippen molar-refractivity contribution in [2.75, 3.05) is 0 Å². The van der Waals surface area contributed by atoms with Crippen LogP contribution in [0.4, 0.5) is 0 Å². The highest BCUT2D eigenvalue weighted by Crippen LogP contribution is 2.21. The van der Waals surface area contributed by atoms with Crippen molar-refractivity contribution in [2.24, 2.45) is 0 Å². The lowest BCUT2D eigenvalue weighted by Crippen LogP contribution is -2.37. The Kier molecular flexibility index (Phi) is 4.99.